The lowest BCUT2D eigenvalue weighted by Crippen LogP contribution is -1.97. The van der Waals surface area contributed by atoms with Gasteiger partial charge in [-0.15, -0.1) is 11.8 Å². The smallest absolute Gasteiger partial charge is 0.350 e. The zero-order valence-corrected chi connectivity index (χ0v) is 16.4. The lowest BCUT2D eigenvalue weighted by atomic mass is 10.0. The molecule has 3 rings (SSSR count). The number of oxime groups is 1. The Labute approximate surface area is 167 Å². The quantitative estimate of drug-likeness (QED) is 0.296. The summed E-state index contributed by atoms with van der Waals surface area (Å²) in [5.74, 6) is -1.46. The predicted octanol–water partition coefficient (Wildman–Crippen LogP) is 5.35. The van der Waals surface area contributed by atoms with E-state index in [4.69, 9.17) is 9.94 Å². The van der Waals surface area contributed by atoms with Crippen LogP contribution in [0.1, 0.15) is 30.0 Å². The first kappa shape index (κ1) is 19.9. The highest BCUT2D eigenvalue weighted by atomic mass is 32.2. The maximum atomic E-state index is 13.9. The Hall–Kier alpha value is -2.86. The molecule has 1 aliphatic rings. The average molecular weight is 397 g/mol. The Morgan fingerprint density at radius 3 is 2.64 bits per heavy atom. The number of benzene rings is 2. The summed E-state index contributed by atoms with van der Waals surface area (Å²) in [6, 6.07) is 13.1. The molecule has 1 N–H and O–H groups in total. The van der Waals surface area contributed by atoms with Gasteiger partial charge in [0.2, 0.25) is 0 Å². The van der Waals surface area contributed by atoms with Gasteiger partial charge in [-0.1, -0.05) is 23.4 Å². The van der Waals surface area contributed by atoms with E-state index in [-0.39, 0.29) is 12.4 Å². The summed E-state index contributed by atoms with van der Waals surface area (Å²) in [6.45, 7) is 2.22. The number of carboxylic acids is 1. The van der Waals surface area contributed by atoms with E-state index in [1.165, 1.54) is 17.0 Å². The maximum absolute atomic E-state index is 13.9. The molecule has 6 heteroatoms. The minimum atomic E-state index is -1.17. The maximum Gasteiger partial charge on any atom is 0.350 e. The first-order valence-corrected chi connectivity index (χ1v) is 9.96. The first-order valence-electron chi connectivity index (χ1n) is 8.74. The second-order valence-corrected chi connectivity index (χ2v) is 7.16. The molecule has 0 aromatic heterocycles. The van der Waals surface area contributed by atoms with Gasteiger partial charge in [-0.05, 0) is 76.9 Å². The van der Waals surface area contributed by atoms with Crippen molar-refractivity contribution in [2.45, 2.75) is 18.2 Å². The number of allylic oxidation sites excluding steroid dienone is 2. The Morgan fingerprint density at radius 1 is 1.21 bits per heavy atom. The van der Waals surface area contributed by atoms with Crippen LogP contribution >= 0.6 is 11.8 Å². The molecule has 0 saturated carbocycles. The Kier molecular flexibility index (Phi) is 6.31. The number of thioether (sulfide) groups is 1. The van der Waals surface area contributed by atoms with Crippen LogP contribution in [-0.4, -0.2) is 30.2 Å². The van der Waals surface area contributed by atoms with E-state index >= 15 is 0 Å². The van der Waals surface area contributed by atoms with Gasteiger partial charge in [0.1, 0.15) is 12.4 Å². The summed E-state index contributed by atoms with van der Waals surface area (Å²) < 4.78 is 13.9. The minimum Gasteiger partial charge on any atom is -0.477 e. The molecule has 0 atom stereocenters. The van der Waals surface area contributed by atoms with Crippen molar-refractivity contribution in [2.75, 3.05) is 12.9 Å². The van der Waals surface area contributed by atoms with Gasteiger partial charge in [-0.25, -0.2) is 9.18 Å². The van der Waals surface area contributed by atoms with Crippen LogP contribution in [0.4, 0.5) is 4.39 Å². The van der Waals surface area contributed by atoms with Gasteiger partial charge in [-0.3, -0.25) is 0 Å². The van der Waals surface area contributed by atoms with Crippen LogP contribution < -0.4 is 0 Å². The third kappa shape index (κ3) is 4.51. The van der Waals surface area contributed by atoms with Crippen molar-refractivity contribution in [3.63, 3.8) is 0 Å². The molecule has 4 nitrogen and oxygen atoms in total. The number of rotatable bonds is 7. The Bertz CT molecular complexity index is 978. The van der Waals surface area contributed by atoms with Crippen LogP contribution in [0.5, 0.6) is 0 Å². The molecule has 0 unspecified atom stereocenters. The summed E-state index contributed by atoms with van der Waals surface area (Å²) in [7, 11) is 0. The standard InChI is InChI=1S/C22H20FNO3S/c1-14-18(9-10-27-24-13-22(25)26)21-12-16(23)5-8-19(21)20(14)11-15-3-6-17(28-2)7-4-15/h3-8,11-13H,9-10H2,1-2H3,(H,25,26)/b20-11-,24-13?. The minimum absolute atomic E-state index is 0.210. The highest BCUT2D eigenvalue weighted by Gasteiger charge is 2.24. The van der Waals surface area contributed by atoms with E-state index in [1.807, 2.05) is 13.2 Å². The molecule has 0 saturated heterocycles. The number of nitrogens with zero attached hydrogens (tertiary/aromatic N) is 1. The van der Waals surface area contributed by atoms with Crippen LogP contribution in [0.2, 0.25) is 0 Å². The highest BCUT2D eigenvalue weighted by Crippen LogP contribution is 2.43. The number of carboxylic acid groups (broad SMARTS) is 1. The van der Waals surface area contributed by atoms with Crippen LogP contribution in [0.15, 0.2) is 58.1 Å². The zero-order valence-electron chi connectivity index (χ0n) is 15.6. The van der Waals surface area contributed by atoms with Crippen molar-refractivity contribution in [3.8, 4) is 0 Å². The number of hydrogen-bond donors (Lipinski definition) is 1. The topological polar surface area (TPSA) is 58.9 Å². The fraction of sp³-hybridized carbons (Fsp3) is 0.182. The van der Waals surface area contributed by atoms with Crippen molar-refractivity contribution in [1.82, 2.24) is 0 Å². The fourth-order valence-electron chi connectivity index (χ4n) is 3.23. The molecule has 0 spiro atoms. The molecule has 144 valence electrons. The largest absolute Gasteiger partial charge is 0.477 e. The highest BCUT2D eigenvalue weighted by molar-refractivity contribution is 7.98. The fourth-order valence-corrected chi connectivity index (χ4v) is 3.63. The van der Waals surface area contributed by atoms with Crippen molar-refractivity contribution in [3.05, 3.63) is 70.5 Å². The number of carbonyl (C=O) groups is 1. The van der Waals surface area contributed by atoms with E-state index in [0.29, 0.717) is 12.6 Å². The van der Waals surface area contributed by atoms with Gasteiger partial charge in [-0.2, -0.15) is 0 Å². The third-order valence-electron chi connectivity index (χ3n) is 4.56. The van der Waals surface area contributed by atoms with Crippen LogP contribution in [0, 0.1) is 5.82 Å². The molecule has 0 fully saturated rings. The summed E-state index contributed by atoms with van der Waals surface area (Å²) in [5.41, 5.74) is 5.99. The van der Waals surface area contributed by atoms with Crippen molar-refractivity contribution >= 4 is 41.2 Å². The summed E-state index contributed by atoms with van der Waals surface area (Å²) in [5, 5.41) is 11.9. The van der Waals surface area contributed by atoms with E-state index in [0.717, 1.165) is 33.4 Å². The second kappa shape index (κ2) is 8.89. The van der Waals surface area contributed by atoms with Gasteiger partial charge in [0, 0.05) is 11.3 Å². The molecular formula is C22H20FNO3S. The van der Waals surface area contributed by atoms with Gasteiger partial charge in [0.15, 0.2) is 6.21 Å². The molecule has 2 aromatic carbocycles. The van der Waals surface area contributed by atoms with E-state index < -0.39 is 5.97 Å². The average Bonchev–Trinajstić information content (AvgIpc) is 2.93. The summed E-state index contributed by atoms with van der Waals surface area (Å²) >= 11 is 1.69. The SMILES string of the molecule is CSc1ccc(/C=C2/C(C)=C(CCON=CC(=O)O)c3cc(F)ccc32)cc1. The third-order valence-corrected chi connectivity index (χ3v) is 5.30. The Balaban J connectivity index is 1.90. The van der Waals surface area contributed by atoms with Gasteiger partial charge >= 0.3 is 5.97 Å². The second-order valence-electron chi connectivity index (χ2n) is 6.28. The molecule has 0 heterocycles. The van der Waals surface area contributed by atoms with Gasteiger partial charge in [0.25, 0.3) is 0 Å². The predicted molar refractivity (Wildman–Crippen MR) is 112 cm³/mol. The molecule has 0 amide bonds. The molecule has 28 heavy (non-hydrogen) atoms. The first-order chi connectivity index (χ1) is 13.5. The number of aliphatic carboxylic acids is 1. The van der Waals surface area contributed by atoms with Crippen LogP contribution in [0.3, 0.4) is 0 Å². The number of fused-ring (bicyclic) bond motifs is 1. The summed E-state index contributed by atoms with van der Waals surface area (Å²) in [6.07, 6.45) is 5.35. The van der Waals surface area contributed by atoms with E-state index in [2.05, 4.69) is 35.5 Å². The van der Waals surface area contributed by atoms with Crippen molar-refractivity contribution in [2.24, 2.45) is 5.16 Å². The van der Waals surface area contributed by atoms with Crippen LogP contribution in [0.25, 0.3) is 17.2 Å². The molecule has 2 aromatic rings. The number of hydrogen-bond acceptors (Lipinski definition) is 4. The van der Waals surface area contributed by atoms with Crippen LogP contribution in [-0.2, 0) is 9.63 Å². The normalized spacial score (nSPS) is 14.8. The molecular weight excluding hydrogens is 377 g/mol. The summed E-state index contributed by atoms with van der Waals surface area (Å²) in [4.78, 5) is 16.7. The number of halogens is 1. The lowest BCUT2D eigenvalue weighted by Gasteiger charge is -2.05. The van der Waals surface area contributed by atoms with Crippen molar-refractivity contribution < 1.29 is 19.1 Å². The van der Waals surface area contributed by atoms with Gasteiger partial charge < -0.3 is 9.94 Å². The molecule has 1 aliphatic carbocycles. The van der Waals surface area contributed by atoms with E-state index in [1.54, 1.807) is 17.8 Å². The van der Waals surface area contributed by atoms with E-state index in [9.17, 15) is 9.18 Å². The molecule has 0 bridgehead atoms. The zero-order chi connectivity index (χ0) is 20.1. The lowest BCUT2D eigenvalue weighted by molar-refractivity contribution is -0.129. The van der Waals surface area contributed by atoms with Gasteiger partial charge in [0.05, 0.1) is 0 Å². The molecule has 0 aliphatic heterocycles. The molecule has 0 radical (unpaired) electrons. The van der Waals surface area contributed by atoms with Crippen molar-refractivity contribution in [1.29, 1.82) is 0 Å². The monoisotopic (exact) mass is 397 g/mol. The Morgan fingerprint density at radius 2 is 1.96 bits per heavy atom.